The van der Waals surface area contributed by atoms with Gasteiger partial charge in [-0.2, -0.15) is 51.9 Å². The van der Waals surface area contributed by atoms with Gasteiger partial charge in [-0.15, -0.1) is 15.3 Å². The molecule has 0 aliphatic carbocycles. The van der Waals surface area contributed by atoms with Gasteiger partial charge in [0.1, 0.15) is 26.9 Å². The Morgan fingerprint density at radius 3 is 1.65 bits per heavy atom. The fourth-order valence-electron chi connectivity index (χ4n) is 6.68. The van der Waals surface area contributed by atoms with Crippen molar-refractivity contribution in [1.29, 1.82) is 0 Å². The summed E-state index contributed by atoms with van der Waals surface area (Å²) in [6.45, 7) is 5.17. The van der Waals surface area contributed by atoms with Gasteiger partial charge in [0.2, 0.25) is 34.4 Å². The van der Waals surface area contributed by atoms with Crippen molar-refractivity contribution in [1.82, 2.24) is 29.9 Å². The van der Waals surface area contributed by atoms with Gasteiger partial charge in [0, 0.05) is 22.7 Å². The first-order chi connectivity index (χ1) is 32.8. The van der Waals surface area contributed by atoms with E-state index < -0.39 is 52.8 Å². The van der Waals surface area contributed by atoms with Crippen LogP contribution in [0, 0.1) is 20.8 Å². The predicted octanol–water partition coefficient (Wildman–Crippen LogP) is 11.0. The maximum absolute atomic E-state index is 12.8. The number of para-hydroxylation sites is 1. The van der Waals surface area contributed by atoms with E-state index in [0.717, 1.165) is 29.1 Å². The Kier molecular flexibility index (Phi) is 13.3. The van der Waals surface area contributed by atoms with Crippen LogP contribution in [0.25, 0.3) is 10.8 Å². The summed E-state index contributed by atoms with van der Waals surface area (Å²) >= 11 is 11.7. The van der Waals surface area contributed by atoms with E-state index in [0.29, 0.717) is 11.3 Å². The topological polar surface area (TPSA) is 330 Å². The second kappa shape index (κ2) is 19.3. The van der Waals surface area contributed by atoms with Gasteiger partial charge in [-0.05, 0) is 133 Å². The summed E-state index contributed by atoms with van der Waals surface area (Å²) in [5.41, 5.74) is 9.07. The molecule has 0 atom stereocenters. The van der Waals surface area contributed by atoms with Gasteiger partial charge in [-0.25, -0.2) is 0 Å². The molecule has 26 heteroatoms. The number of nitrogens with two attached hydrogens (primary N) is 1. The van der Waals surface area contributed by atoms with Crippen LogP contribution in [-0.2, 0) is 20.2 Å². The van der Waals surface area contributed by atoms with Gasteiger partial charge in [-0.3, -0.25) is 9.11 Å². The number of nitrogen functional groups attached to an aromatic ring is 1. The number of fused-ring (bicyclic) bond motifs is 1. The Balaban J connectivity index is 1.14. The molecule has 0 aliphatic rings. The Labute approximate surface area is 402 Å². The molecule has 0 spiro atoms. The Hall–Kier alpha value is -8.00. The Morgan fingerprint density at radius 2 is 1.04 bits per heavy atom. The smallest absolute Gasteiger partial charge is 0.296 e. The van der Waals surface area contributed by atoms with Crippen LogP contribution in [-0.4, -0.2) is 61.0 Å². The summed E-state index contributed by atoms with van der Waals surface area (Å²) in [5.74, 6) is -0.128. The van der Waals surface area contributed by atoms with E-state index in [2.05, 4.69) is 71.6 Å². The van der Waals surface area contributed by atoms with Crippen molar-refractivity contribution < 1.29 is 31.0 Å². The third-order valence-corrected chi connectivity index (χ3v) is 11.9. The van der Waals surface area contributed by atoms with Crippen LogP contribution < -0.4 is 27.0 Å². The van der Waals surface area contributed by atoms with E-state index in [9.17, 15) is 31.0 Å². The molecular formula is C43H35Cl2N15O7S2. The molecule has 0 aliphatic heterocycles. The molecule has 8 rings (SSSR count). The van der Waals surface area contributed by atoms with Crippen molar-refractivity contribution in [3.8, 4) is 5.75 Å². The van der Waals surface area contributed by atoms with Crippen LogP contribution in [0.1, 0.15) is 16.7 Å². The number of anilines is 9. The summed E-state index contributed by atoms with van der Waals surface area (Å²) in [7, 11) is -9.89. The molecule has 350 valence electrons. The van der Waals surface area contributed by atoms with Crippen molar-refractivity contribution in [2.75, 3.05) is 27.0 Å². The fraction of sp³-hybridized carbons (Fsp3) is 0.0698. The van der Waals surface area contributed by atoms with Gasteiger partial charge in [0.15, 0.2) is 5.75 Å². The lowest BCUT2D eigenvalue weighted by atomic mass is 10.0. The summed E-state index contributed by atoms with van der Waals surface area (Å²) in [6, 6.07) is 27.9. The average molecular weight is 1010 g/mol. The van der Waals surface area contributed by atoms with Crippen LogP contribution in [0.2, 0.25) is 10.6 Å². The number of phenolic OH excluding ortho intramolecular Hbond substituents is 1. The number of aryl methyl sites for hydroxylation is 3. The summed E-state index contributed by atoms with van der Waals surface area (Å²) in [4.78, 5) is 23.7. The zero-order valence-corrected chi connectivity index (χ0v) is 39.1. The summed E-state index contributed by atoms with van der Waals surface area (Å²) in [6.07, 6.45) is 0. The molecule has 2 heterocycles. The molecule has 0 saturated heterocycles. The number of phenols is 1. The number of hydrogen-bond acceptors (Lipinski definition) is 20. The molecule has 0 radical (unpaired) electrons. The average Bonchev–Trinajstić information content (AvgIpc) is 3.26. The maximum Gasteiger partial charge on any atom is 0.296 e. The number of nitrogens with zero attached hydrogens (tertiary/aromatic N) is 10. The molecule has 9 N–H and O–H groups in total. The maximum atomic E-state index is 12.8. The van der Waals surface area contributed by atoms with E-state index in [1.54, 1.807) is 25.1 Å². The van der Waals surface area contributed by atoms with Crippen molar-refractivity contribution in [3.05, 3.63) is 130 Å². The van der Waals surface area contributed by atoms with Crippen LogP contribution >= 0.6 is 23.2 Å². The number of nitrogens with one attached hydrogen (secondary N) is 4. The largest absolute Gasteiger partial charge is 0.505 e. The molecule has 69 heavy (non-hydrogen) atoms. The van der Waals surface area contributed by atoms with Gasteiger partial charge in [0.05, 0.1) is 16.8 Å². The third-order valence-electron chi connectivity index (χ3n) is 9.81. The Morgan fingerprint density at radius 1 is 0.522 bits per heavy atom. The molecule has 0 amide bonds. The van der Waals surface area contributed by atoms with Crippen molar-refractivity contribution in [2.45, 2.75) is 30.6 Å². The predicted molar refractivity (Wildman–Crippen MR) is 261 cm³/mol. The van der Waals surface area contributed by atoms with Crippen LogP contribution in [0.5, 0.6) is 5.75 Å². The fourth-order valence-corrected chi connectivity index (χ4v) is 8.32. The molecule has 8 aromatic rings. The second-order valence-corrected chi connectivity index (χ2v) is 18.4. The molecule has 6 aromatic carbocycles. The number of rotatable bonds is 14. The van der Waals surface area contributed by atoms with E-state index in [-0.39, 0.29) is 67.8 Å². The number of benzene rings is 6. The minimum Gasteiger partial charge on any atom is -0.505 e. The molecule has 22 nitrogen and oxygen atoms in total. The van der Waals surface area contributed by atoms with Gasteiger partial charge in [0.25, 0.3) is 20.2 Å². The minimum absolute atomic E-state index is 0.0460. The van der Waals surface area contributed by atoms with E-state index in [1.807, 2.05) is 61.5 Å². The monoisotopic (exact) mass is 1010 g/mol. The highest BCUT2D eigenvalue weighted by Crippen LogP contribution is 2.47. The van der Waals surface area contributed by atoms with Crippen molar-refractivity contribution in [3.63, 3.8) is 0 Å². The Bertz CT molecular complexity index is 3610. The lowest BCUT2D eigenvalue weighted by Crippen LogP contribution is -2.07. The third kappa shape index (κ3) is 11.2. The van der Waals surface area contributed by atoms with Crippen LogP contribution in [0.4, 0.5) is 75.0 Å². The quantitative estimate of drug-likeness (QED) is 0.0285. The van der Waals surface area contributed by atoms with E-state index in [1.165, 1.54) is 25.1 Å². The minimum atomic E-state index is -5.02. The summed E-state index contributed by atoms with van der Waals surface area (Å²) < 4.78 is 70.8. The van der Waals surface area contributed by atoms with Crippen molar-refractivity contribution in [2.24, 2.45) is 20.5 Å². The molecule has 2 aromatic heterocycles. The van der Waals surface area contributed by atoms with Crippen molar-refractivity contribution >= 4 is 129 Å². The van der Waals surface area contributed by atoms with E-state index in [4.69, 9.17) is 28.9 Å². The number of azo groups is 2. The van der Waals surface area contributed by atoms with Gasteiger partial charge < -0.3 is 32.1 Å². The number of aromatic hydroxyl groups is 1. The van der Waals surface area contributed by atoms with Gasteiger partial charge >= 0.3 is 0 Å². The second-order valence-electron chi connectivity index (χ2n) is 14.9. The first kappa shape index (κ1) is 47.5. The highest BCUT2D eigenvalue weighted by molar-refractivity contribution is 7.86. The molecule has 0 unspecified atom stereocenters. The van der Waals surface area contributed by atoms with Crippen LogP contribution in [0.3, 0.4) is 0 Å². The lowest BCUT2D eigenvalue weighted by Gasteiger charge is -2.14. The number of hydrogen-bond donors (Lipinski definition) is 8. The molecular weight excluding hydrogens is 974 g/mol. The molecule has 0 saturated carbocycles. The highest BCUT2D eigenvalue weighted by Gasteiger charge is 2.25. The van der Waals surface area contributed by atoms with E-state index >= 15 is 0 Å². The molecule has 0 bridgehead atoms. The van der Waals surface area contributed by atoms with Crippen LogP contribution in [0.15, 0.2) is 133 Å². The SMILES string of the molecule is Cc1cccc(Nc2nc(Nc3ccccc3)nc(Nc3ccc(C)c(N=Nc4c(S(=O)(=O)O)cc5cc(C)c(N=Nc6cc(Nc7nc(Cl)nc(Cl)n7)ccc6S(=O)(=O)O)c(O)c5c4N)c3)n2)c1. The lowest BCUT2D eigenvalue weighted by molar-refractivity contribution is 0.480. The standard InChI is InChI=1S/C43H35Cl2N15O7S2/c1-21-8-7-11-26(16-21)48-42-54-41(47-25-9-5-4-6-10-25)55-43(56-42)50-27-13-12-22(2)29(19-27)57-60-36-32(69(65,66)67)18-24-17-23(3)35(37(61)33(24)34(36)46)59-58-30-20-28(14-15-31(30)68(62,63)64)49-40-52-38(44)51-39(45)53-40/h4-20,61H,46H2,1-3H3,(H,62,63,64)(H,65,66,67)(H,49,51,52,53)(H3,47,48,50,54,55,56). The number of aromatic nitrogens is 6. The van der Waals surface area contributed by atoms with Gasteiger partial charge in [-0.1, -0.05) is 36.4 Å². The summed E-state index contributed by atoms with van der Waals surface area (Å²) in [5, 5.41) is 40.0. The first-order valence-corrected chi connectivity index (χ1v) is 23.6. The first-order valence-electron chi connectivity index (χ1n) is 19.9. The zero-order chi connectivity index (χ0) is 49.2. The normalized spacial score (nSPS) is 11.9. The molecule has 0 fully saturated rings. The number of halogens is 2. The highest BCUT2D eigenvalue weighted by atomic mass is 35.5. The zero-order valence-electron chi connectivity index (χ0n) is 35.9.